The summed E-state index contributed by atoms with van der Waals surface area (Å²) in [6.07, 6.45) is 1.14. The monoisotopic (exact) mass is 523 g/mol. The highest BCUT2D eigenvalue weighted by atomic mass is 35.5. The van der Waals surface area contributed by atoms with Crippen molar-refractivity contribution < 1.29 is 19.2 Å². The molecule has 2 aromatic carbocycles. The van der Waals surface area contributed by atoms with Crippen molar-refractivity contribution in [2.75, 3.05) is 44.9 Å². The number of aromatic nitrogens is 2. The highest BCUT2D eigenvalue weighted by molar-refractivity contribution is 6.32. The van der Waals surface area contributed by atoms with Crippen LogP contribution in [0.3, 0.4) is 0 Å². The summed E-state index contributed by atoms with van der Waals surface area (Å²) in [5.74, 6) is 2.04. The maximum absolute atomic E-state index is 13.3. The largest absolute Gasteiger partial charge is 0.497 e. The van der Waals surface area contributed by atoms with Gasteiger partial charge in [0.05, 0.1) is 37.5 Å². The molecular weight excluding hydrogens is 498 g/mol. The lowest BCUT2D eigenvalue weighted by Gasteiger charge is -2.34. The van der Waals surface area contributed by atoms with Gasteiger partial charge >= 0.3 is 0 Å². The normalized spacial score (nSPS) is 15.3. The summed E-state index contributed by atoms with van der Waals surface area (Å²) in [5.41, 5.74) is 2.84. The van der Waals surface area contributed by atoms with Crippen molar-refractivity contribution in [3.8, 4) is 5.75 Å². The van der Waals surface area contributed by atoms with E-state index in [1.165, 1.54) is 18.2 Å². The first-order valence-electron chi connectivity index (χ1n) is 12.0. The third-order valence-electron chi connectivity index (χ3n) is 6.59. The summed E-state index contributed by atoms with van der Waals surface area (Å²) in [7, 11) is 1.64. The Labute approximate surface area is 218 Å². The van der Waals surface area contributed by atoms with Crippen LogP contribution in [-0.2, 0) is 24.1 Å². The van der Waals surface area contributed by atoms with E-state index in [0.29, 0.717) is 52.2 Å². The Morgan fingerprint density at radius 2 is 1.89 bits per heavy atom. The van der Waals surface area contributed by atoms with Gasteiger partial charge in [-0.05, 0) is 29.8 Å². The van der Waals surface area contributed by atoms with E-state index in [4.69, 9.17) is 31.0 Å². The van der Waals surface area contributed by atoms with Gasteiger partial charge in [-0.1, -0.05) is 23.7 Å². The van der Waals surface area contributed by atoms with Gasteiger partial charge in [0.15, 0.2) is 0 Å². The van der Waals surface area contributed by atoms with Crippen LogP contribution in [0.1, 0.15) is 33.0 Å². The Kier molecular flexibility index (Phi) is 7.20. The second-order valence-electron chi connectivity index (χ2n) is 8.91. The van der Waals surface area contributed by atoms with Crippen LogP contribution in [0.25, 0.3) is 0 Å². The van der Waals surface area contributed by atoms with Crippen molar-refractivity contribution in [2.24, 2.45) is 0 Å². The molecular formula is C26H26ClN5O5. The second-order valence-corrected chi connectivity index (χ2v) is 9.32. The number of fused-ring (bicyclic) bond motifs is 1. The number of hydrogen-bond acceptors (Lipinski definition) is 8. The van der Waals surface area contributed by atoms with E-state index in [1.807, 2.05) is 24.3 Å². The van der Waals surface area contributed by atoms with E-state index >= 15 is 0 Å². The van der Waals surface area contributed by atoms with E-state index in [0.717, 1.165) is 34.2 Å². The minimum atomic E-state index is -0.584. The molecule has 2 aliphatic rings. The molecule has 0 N–H and O–H groups in total. The van der Waals surface area contributed by atoms with Gasteiger partial charge in [-0.3, -0.25) is 14.9 Å². The first-order chi connectivity index (χ1) is 17.9. The third kappa shape index (κ3) is 5.35. The van der Waals surface area contributed by atoms with E-state index in [9.17, 15) is 14.9 Å². The molecule has 0 radical (unpaired) electrons. The van der Waals surface area contributed by atoms with Crippen LogP contribution in [0, 0.1) is 10.1 Å². The van der Waals surface area contributed by atoms with Gasteiger partial charge in [-0.15, -0.1) is 0 Å². The molecule has 0 spiro atoms. The van der Waals surface area contributed by atoms with Gasteiger partial charge in [0.1, 0.15) is 22.4 Å². The molecule has 2 aliphatic heterocycles. The Morgan fingerprint density at radius 1 is 1.14 bits per heavy atom. The molecule has 1 aromatic heterocycles. The maximum atomic E-state index is 13.3. The standard InChI is InChI=1S/C26H26ClN5O5/c1-36-19-5-2-17(3-6-19)14-24-28-22-8-9-31(16-20(22)25(29-24)30-10-12-37-13-11-30)26(33)18-4-7-21(27)23(15-18)32(34)35/h2-7,15H,8-14,16H2,1H3. The molecule has 0 aliphatic carbocycles. The number of benzene rings is 2. The third-order valence-corrected chi connectivity index (χ3v) is 6.91. The fraction of sp³-hybridized carbons (Fsp3) is 0.346. The minimum Gasteiger partial charge on any atom is -0.497 e. The van der Waals surface area contributed by atoms with Crippen LogP contribution in [-0.4, -0.2) is 65.7 Å². The lowest BCUT2D eigenvalue weighted by atomic mass is 10.0. The highest BCUT2D eigenvalue weighted by Crippen LogP contribution is 2.30. The summed E-state index contributed by atoms with van der Waals surface area (Å²) in [4.78, 5) is 37.7. The quantitative estimate of drug-likeness (QED) is 0.355. The summed E-state index contributed by atoms with van der Waals surface area (Å²) in [5, 5.41) is 11.3. The van der Waals surface area contributed by atoms with E-state index in [2.05, 4.69) is 4.90 Å². The zero-order valence-corrected chi connectivity index (χ0v) is 21.1. The topological polar surface area (TPSA) is 111 Å². The number of methoxy groups -OCH3 is 1. The predicted molar refractivity (Wildman–Crippen MR) is 137 cm³/mol. The van der Waals surface area contributed by atoms with Crippen LogP contribution in [0.15, 0.2) is 42.5 Å². The number of halogens is 1. The van der Waals surface area contributed by atoms with Gasteiger partial charge in [0.25, 0.3) is 11.6 Å². The summed E-state index contributed by atoms with van der Waals surface area (Å²) >= 11 is 5.94. The highest BCUT2D eigenvalue weighted by Gasteiger charge is 2.29. The van der Waals surface area contributed by atoms with Crippen LogP contribution in [0.2, 0.25) is 5.02 Å². The molecule has 3 aromatic rings. The summed E-state index contributed by atoms with van der Waals surface area (Å²) in [6.45, 7) is 3.36. The first-order valence-corrected chi connectivity index (χ1v) is 12.4. The molecule has 1 amide bonds. The lowest BCUT2D eigenvalue weighted by molar-refractivity contribution is -0.384. The zero-order valence-electron chi connectivity index (χ0n) is 20.4. The molecule has 0 unspecified atom stereocenters. The number of nitrogens with zero attached hydrogens (tertiary/aromatic N) is 5. The SMILES string of the molecule is COc1ccc(Cc2nc3c(c(N4CCOCC4)n2)CN(C(=O)c2ccc(Cl)c([N+](=O)[O-])c2)CC3)cc1. The van der Waals surface area contributed by atoms with E-state index in [-0.39, 0.29) is 22.2 Å². The maximum Gasteiger partial charge on any atom is 0.288 e. The summed E-state index contributed by atoms with van der Waals surface area (Å²) in [6, 6.07) is 12.0. The first kappa shape index (κ1) is 24.9. The average Bonchev–Trinajstić information content (AvgIpc) is 2.93. The number of ether oxygens (including phenoxy) is 2. The van der Waals surface area contributed by atoms with Gasteiger partial charge in [-0.2, -0.15) is 0 Å². The van der Waals surface area contributed by atoms with Gasteiger partial charge in [-0.25, -0.2) is 9.97 Å². The van der Waals surface area contributed by atoms with Crippen molar-refractivity contribution in [1.82, 2.24) is 14.9 Å². The zero-order chi connectivity index (χ0) is 25.9. The molecule has 37 heavy (non-hydrogen) atoms. The Bertz CT molecular complexity index is 1330. The van der Waals surface area contributed by atoms with E-state index < -0.39 is 4.92 Å². The number of carbonyl (C=O) groups is 1. The van der Waals surface area contributed by atoms with Crippen LogP contribution >= 0.6 is 11.6 Å². The molecule has 3 heterocycles. The minimum absolute atomic E-state index is 0.00191. The van der Waals surface area contributed by atoms with Crippen LogP contribution in [0.4, 0.5) is 11.5 Å². The predicted octanol–water partition coefficient (Wildman–Crippen LogP) is 3.67. The number of morpholine rings is 1. The van der Waals surface area contributed by atoms with Gasteiger partial charge in [0, 0.05) is 49.7 Å². The molecule has 0 saturated carbocycles. The molecule has 11 heteroatoms. The molecule has 10 nitrogen and oxygen atoms in total. The average molecular weight is 524 g/mol. The molecule has 0 atom stereocenters. The van der Waals surface area contributed by atoms with Crippen molar-refractivity contribution >= 4 is 29.0 Å². The smallest absolute Gasteiger partial charge is 0.288 e. The van der Waals surface area contributed by atoms with E-state index in [1.54, 1.807) is 12.0 Å². The number of anilines is 1. The molecule has 5 rings (SSSR count). The van der Waals surface area contributed by atoms with Crippen molar-refractivity contribution in [3.63, 3.8) is 0 Å². The van der Waals surface area contributed by atoms with Crippen molar-refractivity contribution in [3.05, 3.63) is 85.8 Å². The van der Waals surface area contributed by atoms with Gasteiger partial charge < -0.3 is 19.3 Å². The molecule has 1 fully saturated rings. The van der Waals surface area contributed by atoms with Crippen LogP contribution in [0.5, 0.6) is 5.75 Å². The summed E-state index contributed by atoms with van der Waals surface area (Å²) < 4.78 is 10.8. The van der Waals surface area contributed by atoms with Crippen molar-refractivity contribution in [1.29, 1.82) is 0 Å². The lowest BCUT2D eigenvalue weighted by Crippen LogP contribution is -2.41. The van der Waals surface area contributed by atoms with Gasteiger partial charge in [0.2, 0.25) is 0 Å². The fourth-order valence-corrected chi connectivity index (χ4v) is 4.82. The molecule has 192 valence electrons. The van der Waals surface area contributed by atoms with Crippen molar-refractivity contribution in [2.45, 2.75) is 19.4 Å². The number of rotatable bonds is 6. The number of carbonyl (C=O) groups excluding carboxylic acids is 1. The molecule has 0 bridgehead atoms. The number of hydrogen-bond donors (Lipinski definition) is 0. The molecule has 1 saturated heterocycles. The number of nitro benzene ring substituents is 1. The second kappa shape index (κ2) is 10.7. The Hall–Kier alpha value is -3.76. The Morgan fingerprint density at radius 3 is 2.59 bits per heavy atom. The Balaban J connectivity index is 1.45. The fourth-order valence-electron chi connectivity index (χ4n) is 4.63. The number of amides is 1. The van der Waals surface area contributed by atoms with Crippen LogP contribution < -0.4 is 9.64 Å². The number of nitro groups is 1.